The van der Waals surface area contributed by atoms with E-state index in [-0.39, 0.29) is 6.61 Å². The second-order valence-electron chi connectivity index (χ2n) is 3.97. The first-order chi connectivity index (χ1) is 8.81. The molecule has 94 valence electrons. The number of aliphatic hydroxyl groups excluding tert-OH is 1. The van der Waals surface area contributed by atoms with Gasteiger partial charge in [0.15, 0.2) is 0 Å². The van der Waals surface area contributed by atoms with Crippen LogP contribution < -0.4 is 10.1 Å². The normalized spacial score (nSPS) is 10.3. The average Bonchev–Trinajstić information content (AvgIpc) is 2.40. The molecule has 2 rings (SSSR count). The molecule has 0 spiro atoms. The van der Waals surface area contributed by atoms with Gasteiger partial charge in [0.2, 0.25) is 0 Å². The van der Waals surface area contributed by atoms with Crippen molar-refractivity contribution in [2.24, 2.45) is 0 Å². The van der Waals surface area contributed by atoms with Crippen LogP contribution in [0.5, 0.6) is 11.5 Å². The smallest absolute Gasteiger partial charge is 0.146 e. The Balaban J connectivity index is 2.14. The van der Waals surface area contributed by atoms with Crippen molar-refractivity contribution in [1.82, 2.24) is 10.3 Å². The van der Waals surface area contributed by atoms with Crippen LogP contribution in [0.25, 0.3) is 0 Å². The summed E-state index contributed by atoms with van der Waals surface area (Å²) in [6.45, 7) is 0.760. The van der Waals surface area contributed by atoms with Gasteiger partial charge < -0.3 is 15.2 Å². The van der Waals surface area contributed by atoms with E-state index < -0.39 is 0 Å². The predicted octanol–water partition coefficient (Wildman–Crippen LogP) is 2.09. The molecule has 0 fully saturated rings. The number of nitrogens with one attached hydrogen (secondary N) is 1. The first-order valence-electron chi connectivity index (χ1n) is 5.78. The summed E-state index contributed by atoms with van der Waals surface area (Å²) in [4.78, 5) is 4.13. The van der Waals surface area contributed by atoms with Crippen molar-refractivity contribution in [3.63, 3.8) is 0 Å². The molecule has 1 aromatic carbocycles. The molecule has 0 saturated carbocycles. The molecule has 4 nitrogen and oxygen atoms in total. The SMILES string of the molecule is CNCc1cncc(Oc2cccc(CO)c2)c1. The minimum absolute atomic E-state index is 0.00917. The third-order valence-corrected chi connectivity index (χ3v) is 2.47. The van der Waals surface area contributed by atoms with Crippen LogP contribution in [0.3, 0.4) is 0 Å². The molecule has 0 radical (unpaired) electrons. The van der Waals surface area contributed by atoms with Crippen LogP contribution in [-0.2, 0) is 13.2 Å². The van der Waals surface area contributed by atoms with Crippen LogP contribution in [-0.4, -0.2) is 17.1 Å². The van der Waals surface area contributed by atoms with Gasteiger partial charge in [0, 0.05) is 12.7 Å². The Morgan fingerprint density at radius 1 is 1.17 bits per heavy atom. The van der Waals surface area contributed by atoms with E-state index in [4.69, 9.17) is 9.84 Å². The van der Waals surface area contributed by atoms with Gasteiger partial charge in [-0.25, -0.2) is 0 Å². The number of aliphatic hydroxyl groups is 1. The summed E-state index contributed by atoms with van der Waals surface area (Å²) in [5.41, 5.74) is 1.89. The Morgan fingerprint density at radius 2 is 2.00 bits per heavy atom. The van der Waals surface area contributed by atoms with Crippen molar-refractivity contribution < 1.29 is 9.84 Å². The Bertz CT molecular complexity index is 515. The number of hydrogen-bond acceptors (Lipinski definition) is 4. The number of ether oxygens (including phenoxy) is 1. The van der Waals surface area contributed by atoms with Crippen LogP contribution in [0, 0.1) is 0 Å². The van der Waals surface area contributed by atoms with E-state index in [1.807, 2.05) is 37.4 Å². The van der Waals surface area contributed by atoms with Gasteiger partial charge in [-0.05, 0) is 36.4 Å². The molecule has 0 saturated heterocycles. The van der Waals surface area contributed by atoms with Crippen LogP contribution in [0.4, 0.5) is 0 Å². The Hall–Kier alpha value is -1.91. The van der Waals surface area contributed by atoms with E-state index in [0.717, 1.165) is 17.7 Å². The molecule has 0 aliphatic rings. The third-order valence-electron chi connectivity index (χ3n) is 2.47. The van der Waals surface area contributed by atoms with Crippen molar-refractivity contribution in [1.29, 1.82) is 0 Å². The summed E-state index contributed by atoms with van der Waals surface area (Å²) in [7, 11) is 1.89. The number of rotatable bonds is 5. The fourth-order valence-electron chi connectivity index (χ4n) is 1.66. The van der Waals surface area contributed by atoms with Gasteiger partial charge in [0.05, 0.1) is 12.8 Å². The fourth-order valence-corrected chi connectivity index (χ4v) is 1.66. The summed E-state index contributed by atoms with van der Waals surface area (Å²) in [6.07, 6.45) is 3.47. The van der Waals surface area contributed by atoms with Gasteiger partial charge >= 0.3 is 0 Å². The Morgan fingerprint density at radius 3 is 2.78 bits per heavy atom. The number of benzene rings is 1. The summed E-state index contributed by atoms with van der Waals surface area (Å²) in [5, 5.41) is 12.1. The largest absolute Gasteiger partial charge is 0.456 e. The van der Waals surface area contributed by atoms with Gasteiger partial charge in [0.1, 0.15) is 11.5 Å². The van der Waals surface area contributed by atoms with Gasteiger partial charge in [-0.1, -0.05) is 12.1 Å². The van der Waals surface area contributed by atoms with Gasteiger partial charge in [-0.3, -0.25) is 4.98 Å². The van der Waals surface area contributed by atoms with E-state index in [2.05, 4.69) is 10.3 Å². The standard InChI is InChI=1S/C14H16N2O2/c1-15-7-12-6-14(9-16-8-12)18-13-4-2-3-11(5-13)10-17/h2-6,8-9,15,17H,7,10H2,1H3. The Kier molecular flexibility index (Phi) is 4.28. The third kappa shape index (κ3) is 3.29. The lowest BCUT2D eigenvalue weighted by molar-refractivity contribution is 0.281. The zero-order chi connectivity index (χ0) is 12.8. The molecular weight excluding hydrogens is 228 g/mol. The van der Waals surface area contributed by atoms with Crippen LogP contribution in [0.1, 0.15) is 11.1 Å². The monoisotopic (exact) mass is 244 g/mol. The molecule has 4 heteroatoms. The number of aromatic nitrogens is 1. The van der Waals surface area contributed by atoms with E-state index in [1.54, 1.807) is 12.4 Å². The maximum absolute atomic E-state index is 9.07. The summed E-state index contributed by atoms with van der Waals surface area (Å²) < 4.78 is 5.71. The molecule has 0 atom stereocenters. The second-order valence-corrected chi connectivity index (χ2v) is 3.97. The highest BCUT2D eigenvalue weighted by Crippen LogP contribution is 2.22. The molecule has 0 unspecified atom stereocenters. The lowest BCUT2D eigenvalue weighted by Gasteiger charge is -2.08. The minimum atomic E-state index is 0.00917. The van der Waals surface area contributed by atoms with E-state index >= 15 is 0 Å². The van der Waals surface area contributed by atoms with Gasteiger partial charge in [-0.15, -0.1) is 0 Å². The topological polar surface area (TPSA) is 54.4 Å². The van der Waals surface area contributed by atoms with E-state index in [1.165, 1.54) is 0 Å². The quantitative estimate of drug-likeness (QED) is 0.845. The fraction of sp³-hybridized carbons (Fsp3) is 0.214. The summed E-state index contributed by atoms with van der Waals surface area (Å²) >= 11 is 0. The number of hydrogen-bond donors (Lipinski definition) is 2. The van der Waals surface area contributed by atoms with Crippen LogP contribution >= 0.6 is 0 Å². The van der Waals surface area contributed by atoms with Crippen molar-refractivity contribution in [2.45, 2.75) is 13.2 Å². The molecule has 2 N–H and O–H groups in total. The zero-order valence-corrected chi connectivity index (χ0v) is 10.3. The van der Waals surface area contributed by atoms with E-state index in [9.17, 15) is 0 Å². The first kappa shape index (κ1) is 12.5. The van der Waals surface area contributed by atoms with E-state index in [0.29, 0.717) is 11.5 Å². The molecule has 0 aliphatic heterocycles. The maximum Gasteiger partial charge on any atom is 0.146 e. The van der Waals surface area contributed by atoms with Gasteiger partial charge in [-0.2, -0.15) is 0 Å². The lowest BCUT2D eigenvalue weighted by Crippen LogP contribution is -2.05. The number of pyridine rings is 1. The summed E-state index contributed by atoms with van der Waals surface area (Å²) in [5.74, 6) is 1.39. The molecule has 1 heterocycles. The molecule has 0 aliphatic carbocycles. The lowest BCUT2D eigenvalue weighted by atomic mass is 10.2. The zero-order valence-electron chi connectivity index (χ0n) is 10.3. The molecule has 0 bridgehead atoms. The Labute approximate surface area is 106 Å². The molecular formula is C14H16N2O2. The van der Waals surface area contributed by atoms with Crippen LogP contribution in [0.15, 0.2) is 42.7 Å². The van der Waals surface area contributed by atoms with Gasteiger partial charge in [0.25, 0.3) is 0 Å². The second kappa shape index (κ2) is 6.14. The maximum atomic E-state index is 9.07. The predicted molar refractivity (Wildman–Crippen MR) is 69.4 cm³/mol. The van der Waals surface area contributed by atoms with Crippen molar-refractivity contribution in [2.75, 3.05) is 7.05 Å². The van der Waals surface area contributed by atoms with Crippen LogP contribution in [0.2, 0.25) is 0 Å². The first-order valence-corrected chi connectivity index (χ1v) is 5.78. The molecule has 0 amide bonds. The summed E-state index contributed by atoms with van der Waals surface area (Å²) in [6, 6.07) is 9.30. The average molecular weight is 244 g/mol. The van der Waals surface area contributed by atoms with Crippen molar-refractivity contribution in [3.05, 3.63) is 53.9 Å². The number of nitrogens with zero attached hydrogens (tertiary/aromatic N) is 1. The highest BCUT2D eigenvalue weighted by atomic mass is 16.5. The molecule has 18 heavy (non-hydrogen) atoms. The highest BCUT2D eigenvalue weighted by Gasteiger charge is 2.00. The molecule has 2 aromatic rings. The highest BCUT2D eigenvalue weighted by molar-refractivity contribution is 5.33. The minimum Gasteiger partial charge on any atom is -0.456 e. The van der Waals surface area contributed by atoms with Crippen molar-refractivity contribution >= 4 is 0 Å². The molecule has 1 aromatic heterocycles. The van der Waals surface area contributed by atoms with Crippen molar-refractivity contribution in [3.8, 4) is 11.5 Å².